The van der Waals surface area contributed by atoms with Crippen LogP contribution in [0.15, 0.2) is 11.1 Å². The van der Waals surface area contributed by atoms with Crippen molar-refractivity contribution in [3.63, 3.8) is 0 Å². The third-order valence-electron chi connectivity index (χ3n) is 2.38. The summed E-state index contributed by atoms with van der Waals surface area (Å²) in [6, 6.07) is 0. The highest BCUT2D eigenvalue weighted by molar-refractivity contribution is 5.19. The standard InChI is InChI=1S/C10H20O/c1-7(2)8(3)9(4)10(5,6)11/h7,11H,1-6H3/b9-8+. The van der Waals surface area contributed by atoms with Gasteiger partial charge in [-0.1, -0.05) is 19.4 Å². The SMILES string of the molecule is C/C(=C(/C)C(C)(C)O)C(C)C. The van der Waals surface area contributed by atoms with E-state index in [-0.39, 0.29) is 0 Å². The second kappa shape index (κ2) is 3.40. The molecule has 0 radical (unpaired) electrons. The predicted octanol–water partition coefficient (Wildman–Crippen LogP) is 2.75. The van der Waals surface area contributed by atoms with Crippen LogP contribution in [0.25, 0.3) is 0 Å². The van der Waals surface area contributed by atoms with Gasteiger partial charge < -0.3 is 5.11 Å². The van der Waals surface area contributed by atoms with Crippen molar-refractivity contribution in [3.8, 4) is 0 Å². The Hall–Kier alpha value is -0.300. The summed E-state index contributed by atoms with van der Waals surface area (Å²) < 4.78 is 0. The van der Waals surface area contributed by atoms with Gasteiger partial charge in [-0.25, -0.2) is 0 Å². The molecule has 0 rings (SSSR count). The molecular formula is C10H20O. The van der Waals surface area contributed by atoms with Crippen LogP contribution in [0.4, 0.5) is 0 Å². The Labute approximate surface area is 70.1 Å². The number of hydrogen-bond acceptors (Lipinski definition) is 1. The smallest absolute Gasteiger partial charge is 0.0800 e. The Morgan fingerprint density at radius 1 is 1.18 bits per heavy atom. The molecule has 0 spiro atoms. The normalized spacial score (nSPS) is 15.3. The van der Waals surface area contributed by atoms with E-state index >= 15 is 0 Å². The number of hydrogen-bond donors (Lipinski definition) is 1. The van der Waals surface area contributed by atoms with Gasteiger partial charge >= 0.3 is 0 Å². The first-order valence-electron chi connectivity index (χ1n) is 4.17. The molecule has 0 bridgehead atoms. The lowest BCUT2D eigenvalue weighted by Gasteiger charge is -2.22. The van der Waals surface area contributed by atoms with Gasteiger partial charge in [-0.05, 0) is 39.2 Å². The lowest BCUT2D eigenvalue weighted by molar-refractivity contribution is 0.118. The van der Waals surface area contributed by atoms with Crippen LogP contribution in [0.1, 0.15) is 41.5 Å². The highest BCUT2D eigenvalue weighted by Gasteiger charge is 2.17. The topological polar surface area (TPSA) is 20.2 Å². The maximum absolute atomic E-state index is 9.65. The molecule has 0 aromatic carbocycles. The summed E-state index contributed by atoms with van der Waals surface area (Å²) in [5.41, 5.74) is 1.72. The van der Waals surface area contributed by atoms with E-state index in [0.717, 1.165) is 5.57 Å². The zero-order valence-corrected chi connectivity index (χ0v) is 8.52. The van der Waals surface area contributed by atoms with Crippen molar-refractivity contribution in [1.82, 2.24) is 0 Å². The van der Waals surface area contributed by atoms with E-state index in [9.17, 15) is 5.11 Å². The van der Waals surface area contributed by atoms with E-state index in [1.165, 1.54) is 5.57 Å². The van der Waals surface area contributed by atoms with Crippen LogP contribution >= 0.6 is 0 Å². The van der Waals surface area contributed by atoms with E-state index in [2.05, 4.69) is 20.8 Å². The second-order valence-corrected chi connectivity index (χ2v) is 4.02. The maximum atomic E-state index is 9.65. The van der Waals surface area contributed by atoms with Crippen molar-refractivity contribution in [1.29, 1.82) is 0 Å². The van der Waals surface area contributed by atoms with E-state index < -0.39 is 5.60 Å². The van der Waals surface area contributed by atoms with Crippen LogP contribution in [-0.2, 0) is 0 Å². The molecule has 0 aromatic heterocycles. The molecule has 0 aliphatic carbocycles. The van der Waals surface area contributed by atoms with Gasteiger partial charge in [0.25, 0.3) is 0 Å². The van der Waals surface area contributed by atoms with Gasteiger partial charge in [0.15, 0.2) is 0 Å². The van der Waals surface area contributed by atoms with Crippen molar-refractivity contribution in [2.24, 2.45) is 5.92 Å². The Kier molecular flexibility index (Phi) is 3.30. The first kappa shape index (κ1) is 10.7. The molecule has 0 heterocycles. The Morgan fingerprint density at radius 2 is 1.55 bits per heavy atom. The van der Waals surface area contributed by atoms with Gasteiger partial charge in [-0.15, -0.1) is 0 Å². The van der Waals surface area contributed by atoms with E-state index in [1.807, 2.05) is 20.8 Å². The molecule has 0 unspecified atom stereocenters. The quantitative estimate of drug-likeness (QED) is 0.609. The zero-order valence-electron chi connectivity index (χ0n) is 8.52. The van der Waals surface area contributed by atoms with E-state index in [4.69, 9.17) is 0 Å². The lowest BCUT2D eigenvalue weighted by Crippen LogP contribution is -2.22. The minimum absolute atomic E-state index is 0.529. The molecule has 0 atom stereocenters. The summed E-state index contributed by atoms with van der Waals surface area (Å²) in [7, 11) is 0. The average Bonchev–Trinajstić information content (AvgIpc) is 1.82. The molecule has 11 heavy (non-hydrogen) atoms. The lowest BCUT2D eigenvalue weighted by atomic mass is 9.90. The molecule has 0 aliphatic heterocycles. The fraction of sp³-hybridized carbons (Fsp3) is 0.800. The van der Waals surface area contributed by atoms with Gasteiger partial charge in [-0.3, -0.25) is 0 Å². The van der Waals surface area contributed by atoms with Crippen molar-refractivity contribution < 1.29 is 5.11 Å². The van der Waals surface area contributed by atoms with Gasteiger partial charge in [0.1, 0.15) is 0 Å². The molecular weight excluding hydrogens is 136 g/mol. The average molecular weight is 156 g/mol. The van der Waals surface area contributed by atoms with Gasteiger partial charge in [0, 0.05) is 0 Å². The van der Waals surface area contributed by atoms with Crippen molar-refractivity contribution in [2.75, 3.05) is 0 Å². The summed E-state index contributed by atoms with van der Waals surface area (Å²) in [5, 5.41) is 9.65. The van der Waals surface area contributed by atoms with Crippen LogP contribution in [-0.4, -0.2) is 10.7 Å². The number of rotatable bonds is 2. The summed E-state index contributed by atoms with van der Waals surface area (Å²) >= 11 is 0. The predicted molar refractivity (Wildman–Crippen MR) is 49.5 cm³/mol. The Balaban J connectivity index is 4.67. The van der Waals surface area contributed by atoms with Gasteiger partial charge in [0.05, 0.1) is 5.60 Å². The third kappa shape index (κ3) is 3.06. The number of aliphatic hydroxyl groups is 1. The molecule has 0 amide bonds. The molecule has 0 aliphatic rings. The van der Waals surface area contributed by atoms with E-state index in [1.54, 1.807) is 0 Å². The maximum Gasteiger partial charge on any atom is 0.0800 e. The summed E-state index contributed by atoms with van der Waals surface area (Å²) in [6.45, 7) is 12.0. The molecule has 1 heteroatoms. The first-order chi connectivity index (χ1) is 4.76. The van der Waals surface area contributed by atoms with Crippen LogP contribution < -0.4 is 0 Å². The monoisotopic (exact) mass is 156 g/mol. The Bertz CT molecular complexity index is 158. The molecule has 0 aromatic rings. The minimum atomic E-state index is -0.658. The summed E-state index contributed by atoms with van der Waals surface area (Å²) in [6.07, 6.45) is 0. The van der Waals surface area contributed by atoms with Gasteiger partial charge in [0.2, 0.25) is 0 Å². The van der Waals surface area contributed by atoms with Crippen molar-refractivity contribution >= 4 is 0 Å². The molecule has 1 nitrogen and oxygen atoms in total. The minimum Gasteiger partial charge on any atom is -0.386 e. The molecule has 66 valence electrons. The van der Waals surface area contributed by atoms with Crippen LogP contribution in [0.5, 0.6) is 0 Å². The van der Waals surface area contributed by atoms with Crippen LogP contribution in [0, 0.1) is 5.92 Å². The van der Waals surface area contributed by atoms with Crippen LogP contribution in [0.3, 0.4) is 0 Å². The molecule has 0 saturated heterocycles. The largest absolute Gasteiger partial charge is 0.386 e. The summed E-state index contributed by atoms with van der Waals surface area (Å²) in [5.74, 6) is 0.529. The molecule has 0 saturated carbocycles. The highest BCUT2D eigenvalue weighted by atomic mass is 16.3. The van der Waals surface area contributed by atoms with Crippen molar-refractivity contribution in [3.05, 3.63) is 11.1 Å². The third-order valence-corrected chi connectivity index (χ3v) is 2.38. The second-order valence-electron chi connectivity index (χ2n) is 4.02. The van der Waals surface area contributed by atoms with E-state index in [0.29, 0.717) is 5.92 Å². The molecule has 1 N–H and O–H groups in total. The Morgan fingerprint density at radius 3 is 1.64 bits per heavy atom. The molecule has 0 fully saturated rings. The fourth-order valence-electron chi connectivity index (χ4n) is 0.916. The fourth-order valence-corrected chi connectivity index (χ4v) is 0.916. The van der Waals surface area contributed by atoms with Crippen molar-refractivity contribution in [2.45, 2.75) is 47.1 Å². The highest BCUT2D eigenvalue weighted by Crippen LogP contribution is 2.22. The van der Waals surface area contributed by atoms with Crippen LogP contribution in [0.2, 0.25) is 0 Å². The number of allylic oxidation sites excluding steroid dienone is 1. The first-order valence-corrected chi connectivity index (χ1v) is 4.17. The van der Waals surface area contributed by atoms with Gasteiger partial charge in [-0.2, -0.15) is 0 Å². The zero-order chi connectivity index (χ0) is 9.23. The summed E-state index contributed by atoms with van der Waals surface area (Å²) in [4.78, 5) is 0.